The number of methoxy groups -OCH3 is 1. The van der Waals surface area contributed by atoms with Crippen LogP contribution in [0.1, 0.15) is 33.1 Å². The molecule has 0 aromatic carbocycles. The lowest BCUT2D eigenvalue weighted by molar-refractivity contribution is -0.146. The molecule has 0 saturated carbocycles. The number of amides is 1. The first-order valence-corrected chi connectivity index (χ1v) is 8.11. The van der Waals surface area contributed by atoms with Crippen LogP contribution >= 0.6 is 0 Å². The standard InChI is InChI=1S/C12H21NO5S/c1-8(2)10(12(15)18-3)13-11(14)9-6-4-5-7-19(9,16)17/h8-10H,4-7H2,1-3H3,(H,13,14). The van der Waals surface area contributed by atoms with Gasteiger partial charge in [0.1, 0.15) is 11.3 Å². The predicted octanol–water partition coefficient (Wildman–Crippen LogP) is 0.267. The van der Waals surface area contributed by atoms with E-state index in [2.05, 4.69) is 10.1 Å². The van der Waals surface area contributed by atoms with Gasteiger partial charge in [0.25, 0.3) is 0 Å². The second-order valence-electron chi connectivity index (χ2n) is 5.10. The van der Waals surface area contributed by atoms with Crippen molar-refractivity contribution in [2.45, 2.75) is 44.4 Å². The average molecular weight is 291 g/mol. The summed E-state index contributed by atoms with van der Waals surface area (Å²) in [5.74, 6) is -1.28. The third kappa shape index (κ3) is 3.92. The summed E-state index contributed by atoms with van der Waals surface area (Å²) >= 11 is 0. The van der Waals surface area contributed by atoms with Crippen LogP contribution in [0, 0.1) is 5.92 Å². The quantitative estimate of drug-likeness (QED) is 0.751. The Kier molecular flexibility index (Phi) is 5.34. The average Bonchev–Trinajstić information content (AvgIpc) is 2.33. The van der Waals surface area contributed by atoms with E-state index in [9.17, 15) is 18.0 Å². The Balaban J connectivity index is 2.79. The zero-order valence-electron chi connectivity index (χ0n) is 11.5. The summed E-state index contributed by atoms with van der Waals surface area (Å²) in [6.45, 7) is 3.52. The number of esters is 1. The zero-order valence-corrected chi connectivity index (χ0v) is 12.3. The number of rotatable bonds is 4. The van der Waals surface area contributed by atoms with Gasteiger partial charge in [0.05, 0.1) is 12.9 Å². The molecule has 1 fully saturated rings. The molecule has 2 unspecified atom stereocenters. The van der Waals surface area contributed by atoms with Crippen molar-refractivity contribution < 1.29 is 22.7 Å². The highest BCUT2D eigenvalue weighted by Gasteiger charge is 2.37. The first-order chi connectivity index (χ1) is 8.79. The monoisotopic (exact) mass is 291 g/mol. The lowest BCUT2D eigenvalue weighted by Gasteiger charge is -2.25. The highest BCUT2D eigenvalue weighted by molar-refractivity contribution is 7.92. The van der Waals surface area contributed by atoms with E-state index in [0.29, 0.717) is 19.3 Å². The zero-order chi connectivity index (χ0) is 14.6. The summed E-state index contributed by atoms with van der Waals surface area (Å²) in [7, 11) is -2.15. The summed E-state index contributed by atoms with van der Waals surface area (Å²) < 4.78 is 28.3. The van der Waals surface area contributed by atoms with Gasteiger partial charge >= 0.3 is 5.97 Å². The van der Waals surface area contributed by atoms with Gasteiger partial charge in [-0.05, 0) is 18.8 Å². The number of sulfone groups is 1. The molecule has 1 saturated heterocycles. The third-order valence-electron chi connectivity index (χ3n) is 3.29. The minimum atomic E-state index is -3.39. The molecule has 19 heavy (non-hydrogen) atoms. The Morgan fingerprint density at radius 2 is 1.89 bits per heavy atom. The maximum Gasteiger partial charge on any atom is 0.328 e. The van der Waals surface area contributed by atoms with Crippen molar-refractivity contribution in [2.24, 2.45) is 5.92 Å². The number of nitrogens with one attached hydrogen (secondary N) is 1. The van der Waals surface area contributed by atoms with Crippen molar-refractivity contribution in [3.05, 3.63) is 0 Å². The van der Waals surface area contributed by atoms with Crippen molar-refractivity contribution in [3.63, 3.8) is 0 Å². The Bertz CT molecular complexity index is 443. The van der Waals surface area contributed by atoms with Crippen LogP contribution in [0.2, 0.25) is 0 Å². The van der Waals surface area contributed by atoms with Gasteiger partial charge < -0.3 is 10.1 Å². The largest absolute Gasteiger partial charge is 0.467 e. The number of carbonyl (C=O) groups is 2. The van der Waals surface area contributed by atoms with Gasteiger partial charge in [-0.15, -0.1) is 0 Å². The highest BCUT2D eigenvalue weighted by Crippen LogP contribution is 2.20. The normalized spacial score (nSPS) is 23.7. The molecule has 110 valence electrons. The van der Waals surface area contributed by atoms with E-state index in [1.807, 2.05) is 0 Å². The van der Waals surface area contributed by atoms with Crippen molar-refractivity contribution in [1.29, 1.82) is 0 Å². The molecule has 1 aliphatic rings. The van der Waals surface area contributed by atoms with Gasteiger partial charge in [-0.25, -0.2) is 13.2 Å². The van der Waals surface area contributed by atoms with Gasteiger partial charge in [-0.2, -0.15) is 0 Å². The minimum absolute atomic E-state index is 0.0374. The van der Waals surface area contributed by atoms with Gasteiger partial charge in [0.15, 0.2) is 9.84 Å². The molecule has 1 rings (SSSR count). The molecule has 1 N–H and O–H groups in total. The van der Waals surface area contributed by atoms with E-state index in [1.54, 1.807) is 13.8 Å². The molecule has 2 atom stereocenters. The molecule has 1 amide bonds. The van der Waals surface area contributed by atoms with Crippen LogP contribution in [-0.4, -0.2) is 44.4 Å². The van der Waals surface area contributed by atoms with E-state index < -0.39 is 33.0 Å². The molecule has 1 heterocycles. The van der Waals surface area contributed by atoms with Crippen molar-refractivity contribution in [1.82, 2.24) is 5.32 Å². The molecule has 6 nitrogen and oxygen atoms in total. The fourth-order valence-corrected chi connectivity index (χ4v) is 3.93. The Labute approximate surface area is 113 Å². The summed E-state index contributed by atoms with van der Waals surface area (Å²) in [4.78, 5) is 23.6. The molecular weight excluding hydrogens is 270 g/mol. The van der Waals surface area contributed by atoms with E-state index in [0.717, 1.165) is 0 Å². The molecular formula is C12H21NO5S. The highest BCUT2D eigenvalue weighted by atomic mass is 32.2. The lowest BCUT2D eigenvalue weighted by Crippen LogP contribution is -2.51. The second-order valence-corrected chi connectivity index (χ2v) is 7.41. The maximum absolute atomic E-state index is 12.1. The fraction of sp³-hybridized carbons (Fsp3) is 0.833. The Hall–Kier alpha value is -1.11. The van der Waals surface area contributed by atoms with Gasteiger partial charge in [-0.3, -0.25) is 4.79 Å². The molecule has 0 bridgehead atoms. The van der Waals surface area contributed by atoms with Crippen LogP contribution in [0.5, 0.6) is 0 Å². The molecule has 0 radical (unpaired) electrons. The van der Waals surface area contributed by atoms with Crippen LogP contribution in [-0.2, 0) is 24.2 Å². The fourth-order valence-electron chi connectivity index (χ4n) is 2.12. The third-order valence-corrected chi connectivity index (χ3v) is 5.47. The molecule has 0 aliphatic carbocycles. The van der Waals surface area contributed by atoms with E-state index in [4.69, 9.17) is 0 Å². The Morgan fingerprint density at radius 3 is 2.37 bits per heavy atom. The van der Waals surface area contributed by atoms with Crippen LogP contribution in [0.3, 0.4) is 0 Å². The van der Waals surface area contributed by atoms with Crippen LogP contribution < -0.4 is 5.32 Å². The van der Waals surface area contributed by atoms with Crippen molar-refractivity contribution in [3.8, 4) is 0 Å². The van der Waals surface area contributed by atoms with Crippen LogP contribution in [0.25, 0.3) is 0 Å². The summed E-state index contributed by atoms with van der Waals surface area (Å²) in [6.07, 6.45) is 1.62. The van der Waals surface area contributed by atoms with Crippen LogP contribution in [0.15, 0.2) is 0 Å². The number of carbonyl (C=O) groups excluding carboxylic acids is 2. The van der Waals surface area contributed by atoms with Crippen molar-refractivity contribution in [2.75, 3.05) is 12.9 Å². The smallest absolute Gasteiger partial charge is 0.328 e. The minimum Gasteiger partial charge on any atom is -0.467 e. The van der Waals surface area contributed by atoms with Crippen molar-refractivity contribution >= 4 is 21.7 Å². The number of ether oxygens (including phenoxy) is 1. The van der Waals surface area contributed by atoms with E-state index in [-0.39, 0.29) is 11.7 Å². The summed E-state index contributed by atoms with van der Waals surface area (Å²) in [5.41, 5.74) is 0. The first-order valence-electron chi connectivity index (χ1n) is 6.39. The number of hydrogen-bond acceptors (Lipinski definition) is 5. The molecule has 0 aromatic rings. The first kappa shape index (κ1) is 15.9. The SMILES string of the molecule is COC(=O)C(NC(=O)C1CCCCS1(=O)=O)C(C)C. The number of hydrogen-bond donors (Lipinski definition) is 1. The molecule has 0 aromatic heterocycles. The van der Waals surface area contributed by atoms with Gasteiger partial charge in [0.2, 0.25) is 5.91 Å². The maximum atomic E-state index is 12.1. The van der Waals surface area contributed by atoms with E-state index in [1.165, 1.54) is 7.11 Å². The predicted molar refractivity (Wildman–Crippen MR) is 70.2 cm³/mol. The van der Waals surface area contributed by atoms with Gasteiger partial charge in [-0.1, -0.05) is 20.3 Å². The second kappa shape index (κ2) is 6.36. The molecule has 1 aliphatic heterocycles. The molecule has 0 spiro atoms. The summed E-state index contributed by atoms with van der Waals surface area (Å²) in [5, 5.41) is 1.46. The Morgan fingerprint density at radius 1 is 1.26 bits per heavy atom. The van der Waals surface area contributed by atoms with Crippen LogP contribution in [0.4, 0.5) is 0 Å². The lowest BCUT2D eigenvalue weighted by atomic mass is 10.0. The molecule has 7 heteroatoms. The topological polar surface area (TPSA) is 89.5 Å². The van der Waals surface area contributed by atoms with E-state index >= 15 is 0 Å². The van der Waals surface area contributed by atoms with Gasteiger partial charge in [0, 0.05) is 0 Å². The summed E-state index contributed by atoms with van der Waals surface area (Å²) in [6, 6.07) is -0.811.